The van der Waals surface area contributed by atoms with Crippen LogP contribution < -0.4 is 9.64 Å². The lowest BCUT2D eigenvalue weighted by Gasteiger charge is -2.55. The van der Waals surface area contributed by atoms with Crippen molar-refractivity contribution in [1.82, 2.24) is 34.9 Å². The van der Waals surface area contributed by atoms with Crippen molar-refractivity contribution in [2.45, 2.75) is 57.9 Å². The van der Waals surface area contributed by atoms with Crippen LogP contribution in [0.15, 0.2) is 30.7 Å². The number of likely N-dealkylation sites (tertiary alicyclic amines) is 2. The van der Waals surface area contributed by atoms with Gasteiger partial charge in [-0.1, -0.05) is 13.8 Å². The van der Waals surface area contributed by atoms with Crippen LogP contribution in [0.5, 0.6) is 11.6 Å². The van der Waals surface area contributed by atoms with Gasteiger partial charge in [0.2, 0.25) is 5.82 Å². The maximum atomic E-state index is 14.6. The molecule has 1 aromatic carbocycles. The van der Waals surface area contributed by atoms with E-state index in [4.69, 9.17) is 9.47 Å². The van der Waals surface area contributed by atoms with Crippen molar-refractivity contribution in [3.8, 4) is 28.8 Å². The Bertz CT molecular complexity index is 1680. The van der Waals surface area contributed by atoms with Crippen molar-refractivity contribution in [3.05, 3.63) is 48.1 Å². The third kappa shape index (κ3) is 6.24. The first-order chi connectivity index (χ1) is 23.4. The van der Waals surface area contributed by atoms with Crippen molar-refractivity contribution in [1.29, 1.82) is 5.26 Å². The second kappa shape index (κ2) is 12.9. The van der Waals surface area contributed by atoms with Crippen molar-refractivity contribution in [2.24, 2.45) is 23.2 Å². The summed E-state index contributed by atoms with van der Waals surface area (Å²) in [6.45, 7) is 14.2. The molecule has 11 nitrogen and oxygen atoms in total. The number of anilines is 1. The molecule has 252 valence electrons. The number of benzene rings is 1. The van der Waals surface area contributed by atoms with E-state index in [1.54, 1.807) is 12.3 Å². The zero-order valence-corrected chi connectivity index (χ0v) is 27.9. The highest BCUT2D eigenvalue weighted by atomic mass is 19.1. The Balaban J connectivity index is 0.956. The van der Waals surface area contributed by atoms with Crippen LogP contribution in [-0.4, -0.2) is 100 Å². The molecule has 6 heterocycles. The van der Waals surface area contributed by atoms with Crippen LogP contribution in [-0.2, 0) is 4.74 Å². The summed E-state index contributed by atoms with van der Waals surface area (Å²) in [6.07, 6.45) is 8.66. The van der Waals surface area contributed by atoms with Gasteiger partial charge in [-0.05, 0) is 75.2 Å². The molecule has 0 N–H and O–H groups in total. The van der Waals surface area contributed by atoms with E-state index in [1.807, 2.05) is 6.07 Å². The van der Waals surface area contributed by atoms with Gasteiger partial charge in [0.05, 0.1) is 18.9 Å². The molecule has 48 heavy (non-hydrogen) atoms. The van der Waals surface area contributed by atoms with Gasteiger partial charge >= 0.3 is 0 Å². The van der Waals surface area contributed by atoms with Crippen LogP contribution in [0.2, 0.25) is 0 Å². The Hall–Kier alpha value is -3.79. The van der Waals surface area contributed by atoms with Crippen LogP contribution in [0, 0.1) is 40.3 Å². The van der Waals surface area contributed by atoms with E-state index in [9.17, 15) is 9.65 Å². The molecule has 1 spiro atoms. The fraction of sp³-hybridized carbons (Fsp3) is 0.611. The predicted molar refractivity (Wildman–Crippen MR) is 177 cm³/mol. The minimum Gasteiger partial charge on any atom is -0.434 e. The standard InChI is InChI=1S/C36H44FN9O2/c1-23(2)33(26-7-10-44(11-8-26)16-24-17-47-18-24)46-20-36(21-46)9-12-45(19-36)34-35(43-41-22-40-34)48-30-6-5-27(37)13-28(30)29-15-39-31(14-38)42-32(29)25-3-4-25/h5-6,13,15,22-26,33H,3-4,7-12,16-21H2,1-2H3/t33-/m1/s1. The minimum atomic E-state index is -0.397. The summed E-state index contributed by atoms with van der Waals surface area (Å²) in [6, 6.07) is 7.04. The largest absolute Gasteiger partial charge is 0.434 e. The Kier molecular flexibility index (Phi) is 8.47. The molecule has 0 radical (unpaired) electrons. The van der Waals surface area contributed by atoms with Gasteiger partial charge < -0.3 is 19.3 Å². The number of nitriles is 1. The summed E-state index contributed by atoms with van der Waals surface area (Å²) in [5.74, 6) is 3.39. The quantitative estimate of drug-likeness (QED) is 0.297. The third-order valence-electron chi connectivity index (χ3n) is 11.2. The molecule has 1 saturated carbocycles. The maximum absolute atomic E-state index is 14.6. The molecule has 1 aliphatic carbocycles. The fourth-order valence-corrected chi connectivity index (χ4v) is 8.67. The number of aromatic nitrogens is 5. The van der Waals surface area contributed by atoms with Gasteiger partial charge in [-0.25, -0.2) is 19.3 Å². The highest BCUT2D eigenvalue weighted by Gasteiger charge is 2.51. The molecule has 4 aliphatic heterocycles. The van der Waals surface area contributed by atoms with E-state index in [-0.39, 0.29) is 17.2 Å². The van der Waals surface area contributed by atoms with E-state index in [1.165, 1.54) is 50.9 Å². The summed E-state index contributed by atoms with van der Waals surface area (Å²) in [7, 11) is 0. The number of rotatable bonds is 10. The van der Waals surface area contributed by atoms with Gasteiger partial charge in [0.15, 0.2) is 5.82 Å². The average Bonchev–Trinajstić information content (AvgIpc) is 3.82. The molecule has 2 aromatic heterocycles. The number of halogens is 1. The van der Waals surface area contributed by atoms with Crippen LogP contribution in [0.4, 0.5) is 10.2 Å². The first-order valence-electron chi connectivity index (χ1n) is 17.6. The van der Waals surface area contributed by atoms with Crippen molar-refractivity contribution in [3.63, 3.8) is 0 Å². The maximum Gasteiger partial charge on any atom is 0.282 e. The molecular weight excluding hydrogens is 609 g/mol. The predicted octanol–water partition coefficient (Wildman–Crippen LogP) is 4.90. The highest BCUT2D eigenvalue weighted by Crippen LogP contribution is 2.48. The summed E-state index contributed by atoms with van der Waals surface area (Å²) < 4.78 is 26.5. The molecular formula is C36H44FN9O2. The summed E-state index contributed by atoms with van der Waals surface area (Å²) >= 11 is 0. The molecule has 1 atom stereocenters. The molecule has 0 bridgehead atoms. The zero-order valence-electron chi connectivity index (χ0n) is 27.9. The SMILES string of the molecule is CC(C)[C@H](C1CCN(CC2COC2)CC1)N1CC2(CCN(c3ncnnc3Oc3ccc(F)cc3-c3cnc(C#N)nc3C3CC3)C2)C1. The van der Waals surface area contributed by atoms with E-state index in [2.05, 4.69) is 53.7 Å². The monoisotopic (exact) mass is 653 g/mol. The second-order valence-corrected chi connectivity index (χ2v) is 15.1. The molecule has 4 saturated heterocycles. The molecule has 0 unspecified atom stereocenters. The third-order valence-corrected chi connectivity index (χ3v) is 11.2. The summed E-state index contributed by atoms with van der Waals surface area (Å²) in [4.78, 5) is 21.0. The number of piperidine rings is 1. The normalized spacial score (nSPS) is 22.4. The van der Waals surface area contributed by atoms with Crippen molar-refractivity contribution >= 4 is 5.82 Å². The smallest absolute Gasteiger partial charge is 0.282 e. The van der Waals surface area contributed by atoms with Crippen LogP contribution in [0.25, 0.3) is 11.1 Å². The van der Waals surface area contributed by atoms with E-state index < -0.39 is 5.82 Å². The Labute approximate surface area is 281 Å². The van der Waals surface area contributed by atoms with E-state index in [0.29, 0.717) is 40.5 Å². The van der Waals surface area contributed by atoms with Crippen molar-refractivity contribution < 1.29 is 13.9 Å². The van der Waals surface area contributed by atoms with Gasteiger partial charge in [-0.3, -0.25) is 4.90 Å². The average molecular weight is 654 g/mol. The first-order valence-corrected chi connectivity index (χ1v) is 17.6. The van der Waals surface area contributed by atoms with E-state index >= 15 is 0 Å². The second-order valence-electron chi connectivity index (χ2n) is 15.1. The van der Waals surface area contributed by atoms with Crippen molar-refractivity contribution in [2.75, 3.05) is 63.9 Å². The van der Waals surface area contributed by atoms with Gasteiger partial charge in [-0.15, -0.1) is 10.2 Å². The number of ether oxygens (including phenoxy) is 2. The number of hydrogen-bond acceptors (Lipinski definition) is 11. The minimum absolute atomic E-state index is 0.109. The first kappa shape index (κ1) is 31.5. The molecule has 3 aromatic rings. The Morgan fingerprint density at radius 1 is 1.06 bits per heavy atom. The number of nitrogens with zero attached hydrogens (tertiary/aromatic N) is 9. The highest BCUT2D eigenvalue weighted by molar-refractivity contribution is 5.73. The summed E-state index contributed by atoms with van der Waals surface area (Å²) in [5, 5.41) is 17.8. The molecule has 12 heteroatoms. The lowest BCUT2D eigenvalue weighted by Crippen LogP contribution is -2.64. The molecule has 0 amide bonds. The fourth-order valence-electron chi connectivity index (χ4n) is 8.67. The van der Waals surface area contributed by atoms with Gasteiger partial charge in [0.25, 0.3) is 5.88 Å². The zero-order chi connectivity index (χ0) is 32.8. The summed E-state index contributed by atoms with van der Waals surface area (Å²) in [5.41, 5.74) is 2.16. The Morgan fingerprint density at radius 3 is 2.58 bits per heavy atom. The molecule has 8 rings (SSSR count). The van der Waals surface area contributed by atoms with Crippen LogP contribution in [0.3, 0.4) is 0 Å². The topological polar surface area (TPSA) is 116 Å². The molecule has 5 fully saturated rings. The van der Waals surface area contributed by atoms with Crippen LogP contribution >= 0.6 is 0 Å². The molecule has 5 aliphatic rings. The lowest BCUT2D eigenvalue weighted by molar-refractivity contribution is -0.0697. The Morgan fingerprint density at radius 2 is 1.88 bits per heavy atom. The van der Waals surface area contributed by atoms with Gasteiger partial charge in [-0.2, -0.15) is 5.26 Å². The van der Waals surface area contributed by atoms with Crippen LogP contribution in [0.1, 0.15) is 63.4 Å². The lowest BCUT2D eigenvalue weighted by atomic mass is 9.73. The number of hydrogen-bond donors (Lipinski definition) is 0. The van der Waals surface area contributed by atoms with Gasteiger partial charge in [0, 0.05) is 73.3 Å². The van der Waals surface area contributed by atoms with Gasteiger partial charge in [0.1, 0.15) is 24.0 Å². The van der Waals surface area contributed by atoms with E-state index in [0.717, 1.165) is 76.2 Å².